The molecule has 0 aromatic carbocycles. The fraction of sp³-hybridized carbons (Fsp3) is 0.412. The molecule has 1 aliphatic rings. The van der Waals surface area contributed by atoms with Crippen molar-refractivity contribution in [3.63, 3.8) is 0 Å². The lowest BCUT2D eigenvalue weighted by Gasteiger charge is -2.23. The van der Waals surface area contributed by atoms with E-state index in [2.05, 4.69) is 20.0 Å². The van der Waals surface area contributed by atoms with Gasteiger partial charge in [0.2, 0.25) is 0 Å². The number of nitrogens with zero attached hydrogens (tertiary/aromatic N) is 6. The predicted molar refractivity (Wildman–Crippen MR) is 89.7 cm³/mol. The van der Waals surface area contributed by atoms with Gasteiger partial charge in [-0.1, -0.05) is 6.07 Å². The molecule has 0 aliphatic carbocycles. The van der Waals surface area contributed by atoms with Gasteiger partial charge in [0.25, 0.3) is 5.56 Å². The Labute approximate surface area is 139 Å². The van der Waals surface area contributed by atoms with Crippen LogP contribution in [0.1, 0.15) is 24.1 Å². The van der Waals surface area contributed by atoms with Gasteiger partial charge in [0.05, 0.1) is 12.2 Å². The van der Waals surface area contributed by atoms with Gasteiger partial charge in [-0.15, -0.1) is 0 Å². The van der Waals surface area contributed by atoms with Gasteiger partial charge in [-0.3, -0.25) is 18.8 Å². The Hall–Kier alpha value is -2.54. The van der Waals surface area contributed by atoms with Crippen LogP contribution in [0.4, 0.5) is 0 Å². The van der Waals surface area contributed by atoms with Crippen LogP contribution in [-0.2, 0) is 13.1 Å². The molecule has 3 aromatic rings. The van der Waals surface area contributed by atoms with E-state index in [-0.39, 0.29) is 5.56 Å². The topological polar surface area (TPSA) is 68.3 Å². The highest BCUT2D eigenvalue weighted by molar-refractivity contribution is 5.39. The van der Waals surface area contributed by atoms with Crippen LogP contribution >= 0.6 is 0 Å². The summed E-state index contributed by atoms with van der Waals surface area (Å²) in [7, 11) is 0. The summed E-state index contributed by atoms with van der Waals surface area (Å²) in [6.45, 7) is 4.51. The van der Waals surface area contributed by atoms with Crippen molar-refractivity contribution in [1.29, 1.82) is 0 Å². The molecule has 3 aromatic heterocycles. The molecule has 7 nitrogen and oxygen atoms in total. The summed E-state index contributed by atoms with van der Waals surface area (Å²) in [5.41, 5.74) is 2.56. The van der Waals surface area contributed by atoms with Gasteiger partial charge in [-0.2, -0.15) is 5.10 Å². The van der Waals surface area contributed by atoms with Crippen molar-refractivity contribution in [1.82, 2.24) is 29.0 Å². The summed E-state index contributed by atoms with van der Waals surface area (Å²) in [4.78, 5) is 23.4. The number of pyridine rings is 1. The Morgan fingerprint density at radius 3 is 3.08 bits per heavy atom. The quantitative estimate of drug-likeness (QED) is 0.723. The molecule has 4 rings (SSSR count). The summed E-state index contributed by atoms with van der Waals surface area (Å²) in [6.07, 6.45) is 7.43. The van der Waals surface area contributed by atoms with E-state index in [1.54, 1.807) is 23.1 Å². The third-order valence-corrected chi connectivity index (χ3v) is 4.59. The van der Waals surface area contributed by atoms with Crippen molar-refractivity contribution in [2.24, 2.45) is 0 Å². The van der Waals surface area contributed by atoms with Crippen LogP contribution in [0.3, 0.4) is 0 Å². The zero-order valence-electron chi connectivity index (χ0n) is 13.7. The van der Waals surface area contributed by atoms with Gasteiger partial charge in [-0.05, 0) is 37.9 Å². The van der Waals surface area contributed by atoms with Crippen LogP contribution in [0.15, 0.2) is 41.8 Å². The van der Waals surface area contributed by atoms with Crippen LogP contribution < -0.4 is 5.56 Å². The van der Waals surface area contributed by atoms with Crippen molar-refractivity contribution >= 4 is 5.65 Å². The maximum absolute atomic E-state index is 12.3. The average molecular weight is 324 g/mol. The van der Waals surface area contributed by atoms with E-state index in [0.717, 1.165) is 37.2 Å². The van der Waals surface area contributed by atoms with E-state index in [1.165, 1.54) is 0 Å². The standard InChI is InChI=1S/C17H20N6O/c1-13-4-5-16-20-14(7-17(24)23(16)8-13)9-21-6-2-3-15(21)10-22-12-18-11-19-22/h4-5,7-8,11-12,15H,2-3,6,9-10H2,1H3/t15-/m1/s1. The van der Waals surface area contributed by atoms with Crippen LogP contribution in [0.5, 0.6) is 0 Å². The van der Waals surface area contributed by atoms with E-state index in [9.17, 15) is 4.79 Å². The number of aryl methyl sites for hydroxylation is 1. The third-order valence-electron chi connectivity index (χ3n) is 4.59. The van der Waals surface area contributed by atoms with E-state index < -0.39 is 0 Å². The zero-order chi connectivity index (χ0) is 16.5. The lowest BCUT2D eigenvalue weighted by Crippen LogP contribution is -2.33. The molecule has 1 saturated heterocycles. The Kier molecular flexibility index (Phi) is 3.86. The Balaban J connectivity index is 1.57. The summed E-state index contributed by atoms with van der Waals surface area (Å²) < 4.78 is 3.48. The molecule has 4 heterocycles. The molecule has 1 aliphatic heterocycles. The third kappa shape index (κ3) is 2.94. The molecule has 0 amide bonds. The number of rotatable bonds is 4. The van der Waals surface area contributed by atoms with Crippen LogP contribution in [-0.4, -0.2) is 41.6 Å². The van der Waals surface area contributed by atoms with Gasteiger partial charge in [-0.25, -0.2) is 9.97 Å². The summed E-state index contributed by atoms with van der Waals surface area (Å²) in [5.74, 6) is 0. The highest BCUT2D eigenvalue weighted by atomic mass is 16.1. The SMILES string of the molecule is Cc1ccc2nc(CN3CCC[C@@H]3Cn3cncn3)cc(=O)n2c1. The molecule has 24 heavy (non-hydrogen) atoms. The van der Waals surface area contributed by atoms with Crippen LogP contribution in [0, 0.1) is 6.92 Å². The first-order valence-corrected chi connectivity index (χ1v) is 8.24. The second-order valence-corrected chi connectivity index (χ2v) is 6.40. The first-order valence-electron chi connectivity index (χ1n) is 8.24. The highest BCUT2D eigenvalue weighted by Gasteiger charge is 2.25. The second-order valence-electron chi connectivity index (χ2n) is 6.40. The highest BCUT2D eigenvalue weighted by Crippen LogP contribution is 2.20. The molecular weight excluding hydrogens is 304 g/mol. The minimum absolute atomic E-state index is 0.0225. The average Bonchev–Trinajstić information content (AvgIpc) is 3.21. The van der Waals surface area contributed by atoms with Crippen LogP contribution in [0.25, 0.3) is 5.65 Å². The summed E-state index contributed by atoms with van der Waals surface area (Å²) >= 11 is 0. The Morgan fingerprint density at radius 1 is 1.33 bits per heavy atom. The molecule has 0 unspecified atom stereocenters. The van der Waals surface area contributed by atoms with Crippen molar-refractivity contribution in [3.05, 3.63) is 58.7 Å². The second kappa shape index (κ2) is 6.16. The minimum atomic E-state index is -0.0225. The molecule has 124 valence electrons. The van der Waals surface area contributed by atoms with Gasteiger partial charge in [0, 0.05) is 24.8 Å². The number of fused-ring (bicyclic) bond motifs is 1. The fourth-order valence-corrected chi connectivity index (χ4v) is 3.40. The molecule has 7 heteroatoms. The van der Waals surface area contributed by atoms with Gasteiger partial charge in [0.1, 0.15) is 18.3 Å². The number of hydrogen-bond donors (Lipinski definition) is 0. The van der Waals surface area contributed by atoms with Crippen LogP contribution in [0.2, 0.25) is 0 Å². The van der Waals surface area contributed by atoms with E-state index in [1.807, 2.05) is 29.9 Å². The monoisotopic (exact) mass is 324 g/mol. The molecule has 1 atom stereocenters. The number of likely N-dealkylation sites (tertiary alicyclic amines) is 1. The van der Waals surface area contributed by atoms with Crippen molar-refractivity contribution in [3.8, 4) is 0 Å². The molecule has 1 fully saturated rings. The molecule has 0 saturated carbocycles. The molecule has 0 bridgehead atoms. The maximum atomic E-state index is 12.3. The zero-order valence-corrected chi connectivity index (χ0v) is 13.7. The summed E-state index contributed by atoms with van der Waals surface area (Å²) in [6, 6.07) is 5.94. The van der Waals surface area contributed by atoms with Gasteiger partial charge in [0.15, 0.2) is 0 Å². The maximum Gasteiger partial charge on any atom is 0.258 e. The van der Waals surface area contributed by atoms with Crippen molar-refractivity contribution in [2.45, 2.75) is 38.9 Å². The normalized spacial score (nSPS) is 18.5. The Morgan fingerprint density at radius 2 is 2.25 bits per heavy atom. The summed E-state index contributed by atoms with van der Waals surface area (Å²) in [5, 5.41) is 4.19. The van der Waals surface area contributed by atoms with Gasteiger partial charge < -0.3 is 0 Å². The van der Waals surface area contributed by atoms with E-state index in [0.29, 0.717) is 18.2 Å². The predicted octanol–water partition coefficient (Wildman–Crippen LogP) is 1.26. The first-order chi connectivity index (χ1) is 11.7. The number of aromatic nitrogens is 5. The molecule has 0 spiro atoms. The number of hydrogen-bond acceptors (Lipinski definition) is 5. The van der Waals surface area contributed by atoms with Crippen molar-refractivity contribution in [2.75, 3.05) is 6.54 Å². The van der Waals surface area contributed by atoms with Gasteiger partial charge >= 0.3 is 0 Å². The molecule has 0 radical (unpaired) electrons. The smallest absolute Gasteiger partial charge is 0.258 e. The minimum Gasteiger partial charge on any atom is -0.293 e. The largest absolute Gasteiger partial charge is 0.293 e. The first kappa shape index (κ1) is 15.0. The molecular formula is C17H20N6O. The van der Waals surface area contributed by atoms with E-state index >= 15 is 0 Å². The van der Waals surface area contributed by atoms with E-state index in [4.69, 9.17) is 0 Å². The van der Waals surface area contributed by atoms with Crippen molar-refractivity contribution < 1.29 is 0 Å². The fourth-order valence-electron chi connectivity index (χ4n) is 3.40. The Bertz CT molecular complexity index is 901. The lowest BCUT2D eigenvalue weighted by atomic mass is 10.2. The lowest BCUT2D eigenvalue weighted by molar-refractivity contribution is 0.216. The molecule has 0 N–H and O–H groups in total.